The quantitative estimate of drug-likeness (QED) is 0.0195. The summed E-state index contributed by atoms with van der Waals surface area (Å²) in [5.74, 6) is -1.64. The molecule has 10 nitrogen and oxygen atoms in total. The van der Waals surface area contributed by atoms with Crippen LogP contribution in [0, 0.1) is 5.41 Å². The number of likely N-dealkylation sites (N-methyl/N-ethyl adjacent to an activating group) is 2. The van der Waals surface area contributed by atoms with Crippen LogP contribution in [0.1, 0.15) is 219 Å². The van der Waals surface area contributed by atoms with Crippen molar-refractivity contribution in [3.05, 3.63) is 24.3 Å². The van der Waals surface area contributed by atoms with Crippen LogP contribution in [0.5, 0.6) is 0 Å². The molecule has 0 spiro atoms. The van der Waals surface area contributed by atoms with Gasteiger partial charge >= 0.3 is 23.9 Å². The predicted octanol–water partition coefficient (Wildman–Crippen LogP) is 13.2. The first-order chi connectivity index (χ1) is 31.1. The molecule has 0 saturated heterocycles. The van der Waals surface area contributed by atoms with Crippen LogP contribution < -0.4 is 0 Å². The van der Waals surface area contributed by atoms with E-state index >= 15 is 0 Å². The van der Waals surface area contributed by atoms with Crippen molar-refractivity contribution in [2.75, 3.05) is 81.8 Å². The fourth-order valence-corrected chi connectivity index (χ4v) is 7.58. The van der Waals surface area contributed by atoms with E-state index in [1.165, 1.54) is 128 Å². The van der Waals surface area contributed by atoms with E-state index in [4.69, 9.17) is 18.9 Å². The fraction of sp³-hybridized carbons (Fsp3) is 0.855. The summed E-state index contributed by atoms with van der Waals surface area (Å²) in [4.78, 5) is 51.9. The van der Waals surface area contributed by atoms with Gasteiger partial charge < -0.3 is 27.9 Å². The van der Waals surface area contributed by atoms with Gasteiger partial charge in [-0.15, -0.1) is 0 Å². The van der Waals surface area contributed by atoms with E-state index < -0.39 is 17.4 Å². The van der Waals surface area contributed by atoms with Gasteiger partial charge in [0.15, 0.2) is 13.1 Å². The molecule has 10 heteroatoms. The van der Waals surface area contributed by atoms with Gasteiger partial charge in [0.2, 0.25) is 0 Å². The monoisotopic (exact) mass is 921 g/mol. The number of carbonyl (C=O) groups is 4. The van der Waals surface area contributed by atoms with Gasteiger partial charge in [-0.05, 0) is 64.2 Å². The molecule has 0 amide bonds. The smallest absolute Gasteiger partial charge is 0.361 e. The molecule has 0 rings (SSSR count). The Labute approximate surface area is 400 Å². The molecular formula is C55H104N2O8+2. The topological polar surface area (TPSA) is 105 Å². The van der Waals surface area contributed by atoms with Crippen molar-refractivity contribution in [3.8, 4) is 0 Å². The summed E-state index contributed by atoms with van der Waals surface area (Å²) in [6.45, 7) is 3.87. The highest BCUT2D eigenvalue weighted by Crippen LogP contribution is 2.23. The number of esters is 4. The van der Waals surface area contributed by atoms with Crippen LogP contribution in [0.15, 0.2) is 24.3 Å². The molecule has 0 aromatic heterocycles. The Bertz CT molecular complexity index is 1140. The Morgan fingerprint density at radius 1 is 0.338 bits per heavy atom. The van der Waals surface area contributed by atoms with E-state index in [2.05, 4.69) is 38.2 Å². The molecule has 0 bridgehead atoms. The second-order valence-electron chi connectivity index (χ2n) is 21.1. The van der Waals surface area contributed by atoms with Gasteiger partial charge in [0.05, 0.1) is 42.3 Å². The second-order valence-corrected chi connectivity index (χ2v) is 21.1. The van der Waals surface area contributed by atoms with Crippen molar-refractivity contribution in [1.82, 2.24) is 0 Å². The van der Waals surface area contributed by atoms with Crippen molar-refractivity contribution in [1.29, 1.82) is 0 Å². The third-order valence-electron chi connectivity index (χ3n) is 11.6. The number of unbranched alkanes of at least 4 members (excludes halogenated alkanes) is 26. The molecule has 0 atom stereocenters. The van der Waals surface area contributed by atoms with E-state index in [9.17, 15) is 19.2 Å². The maximum atomic E-state index is 13.1. The Morgan fingerprint density at radius 2 is 0.569 bits per heavy atom. The summed E-state index contributed by atoms with van der Waals surface area (Å²) >= 11 is 0. The summed E-state index contributed by atoms with van der Waals surface area (Å²) in [6, 6.07) is 0. The molecule has 0 aromatic rings. The van der Waals surface area contributed by atoms with Gasteiger partial charge in [0, 0.05) is 12.8 Å². The van der Waals surface area contributed by atoms with Crippen LogP contribution in [0.2, 0.25) is 0 Å². The third kappa shape index (κ3) is 44.9. The number of hydrogen-bond acceptors (Lipinski definition) is 8. The number of nitrogens with zero attached hydrogens (tertiary/aromatic N) is 2. The van der Waals surface area contributed by atoms with E-state index in [1.807, 2.05) is 42.3 Å². The van der Waals surface area contributed by atoms with Crippen LogP contribution in [0.3, 0.4) is 0 Å². The molecule has 0 aliphatic rings. The van der Waals surface area contributed by atoms with Crippen molar-refractivity contribution in [3.63, 3.8) is 0 Å². The summed E-state index contributed by atoms with van der Waals surface area (Å²) in [6.07, 6.45) is 45.9. The van der Waals surface area contributed by atoms with Gasteiger partial charge in [-0.2, -0.15) is 0 Å². The summed E-state index contributed by atoms with van der Waals surface area (Å²) in [5, 5.41) is 0. The lowest BCUT2D eigenvalue weighted by Gasteiger charge is -2.32. The molecule has 0 fully saturated rings. The molecule has 0 saturated carbocycles. The number of quaternary nitrogens is 2. The normalized spacial score (nSPS) is 12.3. The van der Waals surface area contributed by atoms with Gasteiger partial charge in [0.1, 0.15) is 31.8 Å². The van der Waals surface area contributed by atoms with E-state index in [1.54, 1.807) is 0 Å². The highest BCUT2D eigenvalue weighted by Gasteiger charge is 2.39. The summed E-state index contributed by atoms with van der Waals surface area (Å²) in [7, 11) is 11.3. The maximum absolute atomic E-state index is 13.1. The zero-order chi connectivity index (χ0) is 48.3. The SMILES string of the molecule is CCCCCCCC/C=C/CCCCCCCCCC(=O)OCC(COC(=O)CCCCCCCCC/C=C/CCCCCCCC)(COC(=O)C[N+](C)(C)C)COC(=O)C[N+](C)(C)C. The zero-order valence-corrected chi connectivity index (χ0v) is 43.8. The highest BCUT2D eigenvalue weighted by molar-refractivity contribution is 5.72. The molecule has 0 aliphatic carbocycles. The lowest BCUT2D eigenvalue weighted by atomic mass is 9.92. The first-order valence-corrected chi connectivity index (χ1v) is 26.6. The molecule has 0 aromatic carbocycles. The minimum atomic E-state index is -1.25. The first-order valence-electron chi connectivity index (χ1n) is 26.6. The Balaban J connectivity index is 4.95. The molecule has 0 N–H and O–H groups in total. The number of hydrogen-bond donors (Lipinski definition) is 0. The van der Waals surface area contributed by atoms with Crippen LogP contribution in [-0.2, 0) is 38.1 Å². The van der Waals surface area contributed by atoms with Crippen LogP contribution in [0.25, 0.3) is 0 Å². The first kappa shape index (κ1) is 62.3. The molecular weight excluding hydrogens is 817 g/mol. The Morgan fingerprint density at radius 3 is 0.831 bits per heavy atom. The van der Waals surface area contributed by atoms with Crippen LogP contribution >= 0.6 is 0 Å². The summed E-state index contributed by atoms with van der Waals surface area (Å²) < 4.78 is 23.8. The average Bonchev–Trinajstić information content (AvgIpc) is 3.24. The number of ether oxygens (including phenoxy) is 4. The second kappa shape index (κ2) is 41.5. The number of allylic oxidation sites excluding steroid dienone is 4. The van der Waals surface area contributed by atoms with Gasteiger partial charge in [-0.1, -0.05) is 167 Å². The Kier molecular flexibility index (Phi) is 39.7. The lowest BCUT2D eigenvalue weighted by molar-refractivity contribution is -0.862. The van der Waals surface area contributed by atoms with Gasteiger partial charge in [-0.25, -0.2) is 9.59 Å². The van der Waals surface area contributed by atoms with Crippen molar-refractivity contribution < 1.29 is 47.1 Å². The number of rotatable bonds is 46. The summed E-state index contributed by atoms with van der Waals surface area (Å²) in [5.41, 5.74) is -1.25. The third-order valence-corrected chi connectivity index (χ3v) is 11.6. The minimum absolute atomic E-state index is 0.115. The molecule has 0 heterocycles. The zero-order valence-electron chi connectivity index (χ0n) is 43.8. The molecule has 380 valence electrons. The fourth-order valence-electron chi connectivity index (χ4n) is 7.58. The molecule has 0 unspecified atom stereocenters. The minimum Gasteiger partial charge on any atom is -0.465 e. The maximum Gasteiger partial charge on any atom is 0.361 e. The standard InChI is InChI=1S/C55H104N2O8/c1-9-11-13-15-17-19-21-23-25-27-29-31-33-35-37-39-41-43-51(58)62-47-55(49-64-53(60)45-56(3,4)5,50-65-54(61)46-57(6,7)8)48-63-52(59)44-42-40-38-36-34-32-30-28-26-24-22-20-18-16-14-12-10-2/h23-26H,9-22,27-50H2,1-8H3/q+2/b25-23+,26-24+. The molecule has 0 aliphatic heterocycles. The van der Waals surface area contributed by atoms with E-state index in [0.29, 0.717) is 8.97 Å². The largest absolute Gasteiger partial charge is 0.465 e. The van der Waals surface area contributed by atoms with Gasteiger partial charge in [-0.3, -0.25) is 9.59 Å². The van der Waals surface area contributed by atoms with E-state index in [-0.39, 0.29) is 64.3 Å². The van der Waals surface area contributed by atoms with Gasteiger partial charge in [0.25, 0.3) is 0 Å². The molecule has 0 radical (unpaired) electrons. The molecule has 65 heavy (non-hydrogen) atoms. The Hall–Kier alpha value is -2.72. The predicted molar refractivity (Wildman–Crippen MR) is 269 cm³/mol. The van der Waals surface area contributed by atoms with Crippen LogP contribution in [-0.4, -0.2) is 115 Å². The van der Waals surface area contributed by atoms with Crippen molar-refractivity contribution in [2.24, 2.45) is 5.41 Å². The average molecular weight is 921 g/mol. The van der Waals surface area contributed by atoms with E-state index in [0.717, 1.165) is 64.2 Å². The number of carbonyl (C=O) groups excluding carboxylic acids is 4. The van der Waals surface area contributed by atoms with Crippen LogP contribution in [0.4, 0.5) is 0 Å². The lowest BCUT2D eigenvalue weighted by Crippen LogP contribution is -2.47. The van der Waals surface area contributed by atoms with Crippen molar-refractivity contribution >= 4 is 23.9 Å². The highest BCUT2D eigenvalue weighted by atomic mass is 16.6. The van der Waals surface area contributed by atoms with Crippen molar-refractivity contribution in [2.45, 2.75) is 219 Å².